The lowest BCUT2D eigenvalue weighted by Crippen LogP contribution is -2.25. The number of benzene rings is 2. The van der Waals surface area contributed by atoms with Gasteiger partial charge in [-0.05, 0) is 35.6 Å². The predicted octanol–water partition coefficient (Wildman–Crippen LogP) is 5.10. The normalized spacial score (nSPS) is 17.8. The molecule has 1 heterocycles. The Balaban J connectivity index is 1.37. The average Bonchev–Trinajstić information content (AvgIpc) is 3.58. The maximum Gasteiger partial charge on any atom is 0.416 e. The second kappa shape index (κ2) is 8.79. The lowest BCUT2D eigenvalue weighted by molar-refractivity contribution is -0.138. The van der Waals surface area contributed by atoms with Gasteiger partial charge in [0.25, 0.3) is 0 Å². The van der Waals surface area contributed by atoms with Gasteiger partial charge in [0.15, 0.2) is 0 Å². The van der Waals surface area contributed by atoms with E-state index < -0.39 is 23.6 Å². The number of hydrogen-bond donors (Lipinski definition) is 1. The van der Waals surface area contributed by atoms with E-state index in [1.807, 2.05) is 30.3 Å². The Hall–Kier alpha value is -3.35. The molecule has 0 saturated heterocycles. The van der Waals surface area contributed by atoms with Gasteiger partial charge >= 0.3 is 6.18 Å². The van der Waals surface area contributed by atoms with Crippen LogP contribution in [0, 0.1) is 5.92 Å². The molecule has 2 unspecified atom stereocenters. The Morgan fingerprint density at radius 1 is 1.03 bits per heavy atom. The largest absolute Gasteiger partial charge is 0.473 e. The highest BCUT2D eigenvalue weighted by molar-refractivity contribution is 5.83. The number of carbonyl (C=O) groups excluding carboxylic acids is 1. The summed E-state index contributed by atoms with van der Waals surface area (Å²) in [6.45, 7) is 0.540. The van der Waals surface area contributed by atoms with Gasteiger partial charge in [-0.15, -0.1) is 0 Å². The van der Waals surface area contributed by atoms with Crippen LogP contribution in [0.25, 0.3) is 0 Å². The SMILES string of the molecule is O=C(NCc1cccnc1OCc1ccccc1)C1CC1c1ccccc1C(F)(F)F. The minimum atomic E-state index is -4.43. The van der Waals surface area contributed by atoms with Crippen LogP contribution in [0.5, 0.6) is 5.88 Å². The predicted molar refractivity (Wildman–Crippen MR) is 109 cm³/mol. The third-order valence-electron chi connectivity index (χ3n) is 5.31. The second-order valence-corrected chi connectivity index (χ2v) is 7.49. The zero-order valence-electron chi connectivity index (χ0n) is 16.6. The number of halogens is 3. The molecule has 1 N–H and O–H groups in total. The molecule has 1 saturated carbocycles. The molecule has 1 amide bonds. The summed E-state index contributed by atoms with van der Waals surface area (Å²) in [6, 6.07) is 18.6. The van der Waals surface area contributed by atoms with E-state index in [0.717, 1.165) is 11.6 Å². The first-order valence-corrected chi connectivity index (χ1v) is 9.98. The number of amides is 1. The van der Waals surface area contributed by atoms with Crippen LogP contribution < -0.4 is 10.1 Å². The van der Waals surface area contributed by atoms with Crippen molar-refractivity contribution in [2.45, 2.75) is 31.7 Å². The summed E-state index contributed by atoms with van der Waals surface area (Å²) >= 11 is 0. The first-order valence-electron chi connectivity index (χ1n) is 9.98. The monoisotopic (exact) mass is 426 g/mol. The van der Waals surface area contributed by atoms with Gasteiger partial charge in [-0.25, -0.2) is 4.98 Å². The molecule has 4 rings (SSSR count). The Bertz CT molecular complexity index is 1050. The van der Waals surface area contributed by atoms with E-state index in [-0.39, 0.29) is 18.0 Å². The van der Waals surface area contributed by atoms with Gasteiger partial charge in [0.1, 0.15) is 6.61 Å². The van der Waals surface area contributed by atoms with E-state index in [1.54, 1.807) is 24.4 Å². The molecule has 0 bridgehead atoms. The van der Waals surface area contributed by atoms with Crippen molar-refractivity contribution in [3.63, 3.8) is 0 Å². The molecule has 1 aliphatic carbocycles. The Morgan fingerprint density at radius 2 is 1.77 bits per heavy atom. The van der Waals surface area contributed by atoms with Crippen molar-refractivity contribution in [1.82, 2.24) is 10.3 Å². The molecule has 160 valence electrons. The molecule has 4 nitrogen and oxygen atoms in total. The maximum atomic E-state index is 13.3. The highest BCUT2D eigenvalue weighted by Gasteiger charge is 2.47. The molecule has 1 aliphatic rings. The van der Waals surface area contributed by atoms with Crippen molar-refractivity contribution in [3.05, 3.63) is 95.2 Å². The molecule has 1 aromatic heterocycles. The third-order valence-corrected chi connectivity index (χ3v) is 5.31. The summed E-state index contributed by atoms with van der Waals surface area (Å²) in [4.78, 5) is 16.8. The van der Waals surface area contributed by atoms with Crippen LogP contribution in [0.3, 0.4) is 0 Å². The summed E-state index contributed by atoms with van der Waals surface area (Å²) in [5, 5.41) is 2.82. The summed E-state index contributed by atoms with van der Waals surface area (Å²) in [5.41, 5.74) is 1.22. The van der Waals surface area contributed by atoms with Crippen LogP contribution in [-0.4, -0.2) is 10.9 Å². The van der Waals surface area contributed by atoms with E-state index in [1.165, 1.54) is 12.1 Å². The molecule has 2 atom stereocenters. The molecular formula is C24H21F3N2O2. The molecular weight excluding hydrogens is 405 g/mol. The van der Waals surface area contributed by atoms with Gasteiger partial charge in [0, 0.05) is 24.2 Å². The Morgan fingerprint density at radius 3 is 2.55 bits per heavy atom. The van der Waals surface area contributed by atoms with E-state index in [2.05, 4.69) is 10.3 Å². The van der Waals surface area contributed by atoms with Gasteiger partial charge in [-0.2, -0.15) is 13.2 Å². The summed E-state index contributed by atoms with van der Waals surface area (Å²) in [7, 11) is 0. The van der Waals surface area contributed by atoms with Crippen LogP contribution in [0.4, 0.5) is 13.2 Å². The second-order valence-electron chi connectivity index (χ2n) is 7.49. The highest BCUT2D eigenvalue weighted by atomic mass is 19.4. The number of ether oxygens (including phenoxy) is 1. The minimum Gasteiger partial charge on any atom is -0.473 e. The molecule has 0 spiro atoms. The van der Waals surface area contributed by atoms with Gasteiger partial charge in [-0.3, -0.25) is 4.79 Å². The van der Waals surface area contributed by atoms with Crippen LogP contribution in [-0.2, 0) is 24.1 Å². The zero-order chi connectivity index (χ0) is 21.8. The number of nitrogens with one attached hydrogen (secondary N) is 1. The van der Waals surface area contributed by atoms with E-state index in [4.69, 9.17) is 4.74 Å². The Kier molecular flexibility index (Phi) is 5.93. The molecule has 0 aliphatic heterocycles. The lowest BCUT2D eigenvalue weighted by atomic mass is 10.0. The summed E-state index contributed by atoms with van der Waals surface area (Å²) in [5.74, 6) is -0.726. The zero-order valence-corrected chi connectivity index (χ0v) is 16.6. The van der Waals surface area contributed by atoms with Crippen molar-refractivity contribution in [3.8, 4) is 5.88 Å². The number of carbonyl (C=O) groups is 1. The number of pyridine rings is 1. The standard InChI is InChI=1S/C24H21F3N2O2/c25-24(26,27)21-11-5-4-10-18(21)19-13-20(19)22(30)29-14-17-9-6-12-28-23(17)31-15-16-7-2-1-3-8-16/h1-12,19-20H,13-15H2,(H,29,30). The lowest BCUT2D eigenvalue weighted by Gasteiger charge is -2.13. The third kappa shape index (κ3) is 5.05. The van der Waals surface area contributed by atoms with Crippen molar-refractivity contribution >= 4 is 5.91 Å². The summed E-state index contributed by atoms with van der Waals surface area (Å²) in [6.07, 6.45) is -2.42. The maximum absolute atomic E-state index is 13.3. The first-order chi connectivity index (χ1) is 14.9. The van der Waals surface area contributed by atoms with Crippen molar-refractivity contribution in [2.75, 3.05) is 0 Å². The summed E-state index contributed by atoms with van der Waals surface area (Å²) < 4.78 is 45.5. The van der Waals surface area contributed by atoms with Gasteiger partial charge in [0.2, 0.25) is 11.8 Å². The van der Waals surface area contributed by atoms with Crippen LogP contribution >= 0.6 is 0 Å². The van der Waals surface area contributed by atoms with Gasteiger partial charge in [0.05, 0.1) is 5.56 Å². The minimum absolute atomic E-state index is 0.184. The number of rotatable bonds is 7. The van der Waals surface area contributed by atoms with E-state index in [9.17, 15) is 18.0 Å². The van der Waals surface area contributed by atoms with Crippen molar-refractivity contribution in [2.24, 2.45) is 5.92 Å². The first kappa shape index (κ1) is 20.9. The fraction of sp³-hybridized carbons (Fsp3) is 0.250. The van der Waals surface area contributed by atoms with Crippen LogP contribution in [0.2, 0.25) is 0 Å². The Labute approximate surface area is 178 Å². The number of aromatic nitrogens is 1. The number of alkyl halides is 3. The molecule has 31 heavy (non-hydrogen) atoms. The van der Waals surface area contributed by atoms with Crippen LogP contribution in [0.15, 0.2) is 72.9 Å². The molecule has 1 fully saturated rings. The van der Waals surface area contributed by atoms with E-state index >= 15 is 0 Å². The smallest absolute Gasteiger partial charge is 0.416 e. The van der Waals surface area contributed by atoms with Crippen molar-refractivity contribution < 1.29 is 22.7 Å². The fourth-order valence-electron chi connectivity index (χ4n) is 3.63. The number of hydrogen-bond acceptors (Lipinski definition) is 3. The van der Waals surface area contributed by atoms with Crippen LogP contribution in [0.1, 0.15) is 34.6 Å². The molecule has 7 heteroatoms. The quantitative estimate of drug-likeness (QED) is 0.572. The molecule has 2 aromatic carbocycles. The van der Waals surface area contributed by atoms with E-state index in [0.29, 0.717) is 24.5 Å². The van der Waals surface area contributed by atoms with Gasteiger partial charge in [-0.1, -0.05) is 54.6 Å². The topological polar surface area (TPSA) is 51.2 Å². The fourth-order valence-corrected chi connectivity index (χ4v) is 3.63. The highest BCUT2D eigenvalue weighted by Crippen LogP contribution is 2.51. The molecule has 0 radical (unpaired) electrons. The average molecular weight is 426 g/mol. The number of nitrogens with zero attached hydrogens (tertiary/aromatic N) is 1. The van der Waals surface area contributed by atoms with Gasteiger partial charge < -0.3 is 10.1 Å². The van der Waals surface area contributed by atoms with Crippen molar-refractivity contribution in [1.29, 1.82) is 0 Å². The molecule has 3 aromatic rings.